The molecule has 3 nitrogen and oxygen atoms in total. The molecule has 5 heteroatoms. The molecule has 2 aliphatic rings. The monoisotopic (exact) mass is 280 g/mol. The Morgan fingerprint density at radius 1 is 1.41 bits per heavy atom. The summed E-state index contributed by atoms with van der Waals surface area (Å²) in [6, 6.07) is 0.580. The van der Waals surface area contributed by atoms with E-state index in [1.807, 2.05) is 24.1 Å². The van der Waals surface area contributed by atoms with Crippen LogP contribution in [0.1, 0.15) is 19.8 Å². The molecule has 100 valence electrons. The van der Waals surface area contributed by atoms with Gasteiger partial charge < -0.3 is 10.0 Å². The molecule has 0 bridgehead atoms. The van der Waals surface area contributed by atoms with Gasteiger partial charge in [0, 0.05) is 18.8 Å². The summed E-state index contributed by atoms with van der Waals surface area (Å²) >= 11 is 0. The fourth-order valence-electron chi connectivity index (χ4n) is 2.45. The molecule has 0 radical (unpaired) electrons. The van der Waals surface area contributed by atoms with E-state index in [-0.39, 0.29) is 24.8 Å². The number of nitrogens with zero attached hydrogens (tertiary/aromatic N) is 2. The molecule has 1 N–H and O–H groups in total. The van der Waals surface area contributed by atoms with E-state index < -0.39 is 6.23 Å². The predicted octanol–water partition coefficient (Wildman–Crippen LogP) is 2.02. The Morgan fingerprint density at radius 2 is 2.12 bits per heavy atom. The van der Waals surface area contributed by atoms with E-state index in [4.69, 9.17) is 0 Å². The van der Waals surface area contributed by atoms with Gasteiger partial charge in [-0.3, -0.25) is 4.90 Å². The molecule has 17 heavy (non-hydrogen) atoms. The molecule has 2 atom stereocenters. The molecule has 1 fully saturated rings. The first-order chi connectivity index (χ1) is 7.18. The third kappa shape index (κ3) is 3.88. The average Bonchev–Trinajstić information content (AvgIpc) is 2.64. The minimum Gasteiger partial charge on any atom is -0.374 e. The fourth-order valence-corrected chi connectivity index (χ4v) is 2.45. The van der Waals surface area contributed by atoms with Gasteiger partial charge in [0.2, 0.25) is 0 Å². The van der Waals surface area contributed by atoms with E-state index in [2.05, 4.69) is 18.0 Å². The highest BCUT2D eigenvalue weighted by atomic mass is 35.5. The molecular weight excluding hydrogens is 259 g/mol. The highest BCUT2D eigenvalue weighted by Gasteiger charge is 2.26. The van der Waals surface area contributed by atoms with Gasteiger partial charge >= 0.3 is 0 Å². The second-order valence-corrected chi connectivity index (χ2v) is 4.53. The minimum absolute atomic E-state index is 0. The summed E-state index contributed by atoms with van der Waals surface area (Å²) in [7, 11) is 2.18. The van der Waals surface area contributed by atoms with E-state index in [1.165, 1.54) is 25.0 Å². The first-order valence-electron chi connectivity index (χ1n) is 5.70. The summed E-state index contributed by atoms with van der Waals surface area (Å²) in [6.45, 7) is 3.87. The zero-order valence-electron chi connectivity index (χ0n) is 10.4. The smallest absolute Gasteiger partial charge is 0.123 e. The predicted molar refractivity (Wildman–Crippen MR) is 75.8 cm³/mol. The molecular formula is C12H22Cl2N2O. The van der Waals surface area contributed by atoms with E-state index >= 15 is 0 Å². The number of hydrogen-bond donors (Lipinski definition) is 1. The molecule has 0 aromatic rings. The largest absolute Gasteiger partial charge is 0.374 e. The van der Waals surface area contributed by atoms with Gasteiger partial charge in [-0.25, -0.2) is 0 Å². The van der Waals surface area contributed by atoms with Crippen LogP contribution in [-0.4, -0.2) is 47.3 Å². The van der Waals surface area contributed by atoms with Gasteiger partial charge in [-0.15, -0.1) is 24.8 Å². The quantitative estimate of drug-likeness (QED) is 0.839. The lowest BCUT2D eigenvalue weighted by atomic mass is 10.0. The Balaban J connectivity index is 0.00000128. The molecule has 0 amide bonds. The average molecular weight is 281 g/mol. The fraction of sp³-hybridized carbons (Fsp3) is 0.667. The van der Waals surface area contributed by atoms with Crippen LogP contribution in [0, 0.1) is 0 Å². The Kier molecular flexibility index (Phi) is 7.17. The molecule has 2 heterocycles. The van der Waals surface area contributed by atoms with Crippen molar-refractivity contribution in [1.82, 2.24) is 9.80 Å². The van der Waals surface area contributed by atoms with Gasteiger partial charge in [0.05, 0.1) is 0 Å². The maximum atomic E-state index is 9.54. The third-order valence-corrected chi connectivity index (χ3v) is 3.38. The number of likely N-dealkylation sites (N-methyl/N-ethyl adjacent to an activating group) is 1. The van der Waals surface area contributed by atoms with Gasteiger partial charge in [-0.2, -0.15) is 0 Å². The number of allylic oxidation sites excluding steroid dienone is 2. The molecule has 0 saturated carbocycles. The SMILES string of the molecule is CC(O)N1C=CC=C([C@@H]2CCCN2C)C1.Cl.Cl. The second kappa shape index (κ2) is 7.27. The lowest BCUT2D eigenvalue weighted by Gasteiger charge is -2.31. The van der Waals surface area contributed by atoms with Crippen LogP contribution in [0.15, 0.2) is 23.9 Å². The summed E-state index contributed by atoms with van der Waals surface area (Å²) in [5, 5.41) is 9.54. The molecule has 0 aliphatic carbocycles. The maximum Gasteiger partial charge on any atom is 0.123 e. The Bertz CT molecular complexity index is 292. The molecule has 0 aromatic carbocycles. The van der Waals surface area contributed by atoms with Crippen molar-refractivity contribution in [3.05, 3.63) is 23.9 Å². The van der Waals surface area contributed by atoms with Crippen molar-refractivity contribution in [2.75, 3.05) is 20.1 Å². The van der Waals surface area contributed by atoms with Crippen molar-refractivity contribution >= 4 is 24.8 Å². The zero-order valence-corrected chi connectivity index (χ0v) is 12.0. The van der Waals surface area contributed by atoms with Crippen molar-refractivity contribution in [3.8, 4) is 0 Å². The Labute approximate surface area is 116 Å². The maximum absolute atomic E-state index is 9.54. The highest BCUT2D eigenvalue weighted by Crippen LogP contribution is 2.24. The van der Waals surface area contributed by atoms with Crippen LogP contribution in [0.2, 0.25) is 0 Å². The number of rotatable bonds is 2. The van der Waals surface area contributed by atoms with Crippen molar-refractivity contribution in [2.24, 2.45) is 0 Å². The second-order valence-electron chi connectivity index (χ2n) is 4.53. The van der Waals surface area contributed by atoms with Crippen molar-refractivity contribution in [3.63, 3.8) is 0 Å². The molecule has 2 aliphatic heterocycles. The van der Waals surface area contributed by atoms with Crippen LogP contribution in [0.5, 0.6) is 0 Å². The summed E-state index contributed by atoms with van der Waals surface area (Å²) < 4.78 is 0. The van der Waals surface area contributed by atoms with Gasteiger partial charge in [0.25, 0.3) is 0 Å². The van der Waals surface area contributed by atoms with Gasteiger partial charge in [0.1, 0.15) is 6.23 Å². The first-order valence-corrected chi connectivity index (χ1v) is 5.70. The van der Waals surface area contributed by atoms with E-state index in [9.17, 15) is 5.11 Å². The number of hydrogen-bond acceptors (Lipinski definition) is 3. The van der Waals surface area contributed by atoms with Crippen LogP contribution in [0.3, 0.4) is 0 Å². The van der Waals surface area contributed by atoms with E-state index in [0.29, 0.717) is 6.04 Å². The van der Waals surface area contributed by atoms with Gasteiger partial charge in [0.15, 0.2) is 0 Å². The van der Waals surface area contributed by atoms with E-state index in [0.717, 1.165) is 6.54 Å². The lowest BCUT2D eigenvalue weighted by molar-refractivity contribution is 0.0577. The van der Waals surface area contributed by atoms with Crippen LogP contribution in [-0.2, 0) is 0 Å². The van der Waals surface area contributed by atoms with Crippen molar-refractivity contribution < 1.29 is 5.11 Å². The first kappa shape index (κ1) is 16.8. The van der Waals surface area contributed by atoms with Crippen molar-refractivity contribution in [2.45, 2.75) is 32.0 Å². The van der Waals surface area contributed by atoms with Gasteiger partial charge in [-0.1, -0.05) is 6.08 Å². The Hall–Kier alpha value is -0.220. The zero-order chi connectivity index (χ0) is 10.8. The number of aliphatic hydroxyl groups is 1. The molecule has 0 aromatic heterocycles. The van der Waals surface area contributed by atoms with Crippen LogP contribution in [0.25, 0.3) is 0 Å². The number of likely N-dealkylation sites (tertiary alicyclic amines) is 1. The topological polar surface area (TPSA) is 26.7 Å². The molecule has 2 rings (SSSR count). The van der Waals surface area contributed by atoms with Crippen LogP contribution in [0.4, 0.5) is 0 Å². The summed E-state index contributed by atoms with van der Waals surface area (Å²) in [6.07, 6.45) is 8.35. The molecule has 1 saturated heterocycles. The normalized spacial score (nSPS) is 25.9. The Morgan fingerprint density at radius 3 is 2.65 bits per heavy atom. The minimum atomic E-state index is -0.392. The lowest BCUT2D eigenvalue weighted by Crippen LogP contribution is -2.37. The van der Waals surface area contributed by atoms with E-state index in [1.54, 1.807) is 0 Å². The standard InChI is InChI=1S/C12H20N2O.2ClH/c1-10(15)14-8-3-5-11(9-14)12-6-4-7-13(12)2;;/h3,5,8,10,12,15H,4,6-7,9H2,1-2H3;2*1H/t10?,12-;;/m0../s1. The molecule has 1 unspecified atom stereocenters. The van der Waals surface area contributed by atoms with Crippen molar-refractivity contribution in [1.29, 1.82) is 0 Å². The number of aliphatic hydroxyl groups excluding tert-OH is 1. The van der Waals surface area contributed by atoms with Gasteiger partial charge in [-0.05, 0) is 45.0 Å². The van der Waals surface area contributed by atoms with Crippen LogP contribution < -0.4 is 0 Å². The van der Waals surface area contributed by atoms with Crippen LogP contribution >= 0.6 is 24.8 Å². The summed E-state index contributed by atoms with van der Waals surface area (Å²) in [4.78, 5) is 4.38. The highest BCUT2D eigenvalue weighted by molar-refractivity contribution is 5.85. The summed E-state index contributed by atoms with van der Waals surface area (Å²) in [5.74, 6) is 0. The summed E-state index contributed by atoms with van der Waals surface area (Å²) in [5.41, 5.74) is 1.43. The molecule has 0 spiro atoms. The third-order valence-electron chi connectivity index (χ3n) is 3.38. The number of halogens is 2.